The van der Waals surface area contributed by atoms with Gasteiger partial charge in [0, 0.05) is 12.0 Å². The molecule has 0 amide bonds. The van der Waals surface area contributed by atoms with Gasteiger partial charge in [0.1, 0.15) is 6.10 Å². The van der Waals surface area contributed by atoms with Crippen molar-refractivity contribution in [1.82, 2.24) is 0 Å². The van der Waals surface area contributed by atoms with Crippen LogP contribution >= 0.6 is 11.6 Å². The number of para-hydroxylation sites is 1. The van der Waals surface area contributed by atoms with Crippen molar-refractivity contribution in [2.24, 2.45) is 5.16 Å². The molecule has 2 atom stereocenters. The Morgan fingerprint density at radius 2 is 2.17 bits per heavy atom. The van der Waals surface area contributed by atoms with Gasteiger partial charge >= 0.3 is 0 Å². The molecule has 18 heavy (non-hydrogen) atoms. The number of alkyl halides is 1. The molecule has 4 nitrogen and oxygen atoms in total. The first-order chi connectivity index (χ1) is 8.67. The Morgan fingerprint density at radius 3 is 2.72 bits per heavy atom. The maximum absolute atomic E-state index is 6.01. The Hall–Kier alpha value is -1.42. The molecule has 2 unspecified atom stereocenters. The van der Waals surface area contributed by atoms with E-state index in [1.54, 1.807) is 14.2 Å². The van der Waals surface area contributed by atoms with Crippen molar-refractivity contribution in [3.05, 3.63) is 23.8 Å². The quantitative estimate of drug-likeness (QED) is 0.789. The monoisotopic (exact) mass is 269 g/mol. The second-order valence-corrected chi connectivity index (χ2v) is 4.79. The summed E-state index contributed by atoms with van der Waals surface area (Å²) >= 11 is 6.01. The zero-order valence-corrected chi connectivity index (χ0v) is 11.4. The maximum atomic E-state index is 6.01. The van der Waals surface area contributed by atoms with E-state index in [4.69, 9.17) is 25.9 Å². The van der Waals surface area contributed by atoms with Crippen LogP contribution in [0.2, 0.25) is 0 Å². The third kappa shape index (κ3) is 2.38. The first-order valence-electron chi connectivity index (χ1n) is 5.75. The Labute approximate surface area is 111 Å². The van der Waals surface area contributed by atoms with Gasteiger partial charge in [0.05, 0.1) is 25.3 Å². The minimum atomic E-state index is -0.0856. The van der Waals surface area contributed by atoms with Crippen LogP contribution in [0.15, 0.2) is 23.4 Å². The van der Waals surface area contributed by atoms with Gasteiger partial charge in [-0.3, -0.25) is 0 Å². The largest absolute Gasteiger partial charge is 0.493 e. The molecule has 0 bridgehead atoms. The van der Waals surface area contributed by atoms with Crippen LogP contribution in [0.4, 0.5) is 0 Å². The summed E-state index contributed by atoms with van der Waals surface area (Å²) in [6.07, 6.45) is 0.589. The van der Waals surface area contributed by atoms with E-state index in [0.29, 0.717) is 17.9 Å². The lowest BCUT2D eigenvalue weighted by Gasteiger charge is -2.12. The highest BCUT2D eigenvalue weighted by molar-refractivity contribution is 6.21. The van der Waals surface area contributed by atoms with Crippen LogP contribution in [-0.4, -0.2) is 31.4 Å². The van der Waals surface area contributed by atoms with Crippen LogP contribution < -0.4 is 9.47 Å². The molecular formula is C13H16ClNO3. The van der Waals surface area contributed by atoms with Gasteiger partial charge in [0.2, 0.25) is 0 Å². The Bertz CT molecular complexity index is 460. The van der Waals surface area contributed by atoms with Gasteiger partial charge < -0.3 is 14.3 Å². The van der Waals surface area contributed by atoms with Gasteiger partial charge in [-0.1, -0.05) is 11.2 Å². The average molecular weight is 270 g/mol. The molecule has 0 fully saturated rings. The number of hydrogen-bond donors (Lipinski definition) is 0. The number of hydrogen-bond acceptors (Lipinski definition) is 4. The number of oxime groups is 1. The van der Waals surface area contributed by atoms with Gasteiger partial charge in [0.15, 0.2) is 11.5 Å². The molecule has 0 saturated carbocycles. The van der Waals surface area contributed by atoms with Gasteiger partial charge in [-0.2, -0.15) is 0 Å². The molecule has 1 aliphatic heterocycles. The van der Waals surface area contributed by atoms with Gasteiger partial charge in [0.25, 0.3) is 0 Å². The van der Waals surface area contributed by atoms with E-state index in [9.17, 15) is 0 Å². The predicted octanol–water partition coefficient (Wildman–Crippen LogP) is 2.82. The first kappa shape index (κ1) is 13.0. The second-order valence-electron chi connectivity index (χ2n) is 4.10. The number of methoxy groups -OCH3 is 2. The smallest absolute Gasteiger partial charge is 0.169 e. The molecule has 98 valence electrons. The number of ether oxygens (including phenoxy) is 2. The van der Waals surface area contributed by atoms with E-state index in [1.165, 1.54) is 0 Å². The molecule has 1 aliphatic rings. The predicted molar refractivity (Wildman–Crippen MR) is 70.9 cm³/mol. The van der Waals surface area contributed by atoms with Crippen LogP contribution in [0.5, 0.6) is 11.5 Å². The van der Waals surface area contributed by atoms with Crippen molar-refractivity contribution in [2.45, 2.75) is 24.8 Å². The number of rotatable bonds is 4. The van der Waals surface area contributed by atoms with E-state index in [2.05, 4.69) is 5.16 Å². The molecule has 5 heteroatoms. The molecule has 0 saturated heterocycles. The van der Waals surface area contributed by atoms with E-state index >= 15 is 0 Å². The van der Waals surface area contributed by atoms with Crippen LogP contribution in [0.3, 0.4) is 0 Å². The summed E-state index contributed by atoms with van der Waals surface area (Å²) in [6, 6.07) is 5.68. The summed E-state index contributed by atoms with van der Waals surface area (Å²) in [5.41, 5.74) is 1.72. The maximum Gasteiger partial charge on any atom is 0.169 e. The fourth-order valence-electron chi connectivity index (χ4n) is 1.92. The third-order valence-corrected chi connectivity index (χ3v) is 3.20. The van der Waals surface area contributed by atoms with Crippen LogP contribution in [0, 0.1) is 0 Å². The van der Waals surface area contributed by atoms with Crippen molar-refractivity contribution in [1.29, 1.82) is 0 Å². The summed E-state index contributed by atoms with van der Waals surface area (Å²) in [7, 11) is 3.22. The summed E-state index contributed by atoms with van der Waals surface area (Å²) in [4.78, 5) is 5.31. The number of benzene rings is 1. The van der Waals surface area contributed by atoms with E-state index < -0.39 is 0 Å². The summed E-state index contributed by atoms with van der Waals surface area (Å²) in [5.74, 6) is 1.35. The van der Waals surface area contributed by atoms with Crippen molar-refractivity contribution < 1.29 is 14.3 Å². The number of nitrogens with zero attached hydrogens (tertiary/aromatic N) is 1. The molecule has 0 aromatic heterocycles. The van der Waals surface area contributed by atoms with Crippen molar-refractivity contribution >= 4 is 17.3 Å². The molecule has 0 aliphatic carbocycles. The average Bonchev–Trinajstić information content (AvgIpc) is 2.87. The summed E-state index contributed by atoms with van der Waals surface area (Å²) < 4.78 is 10.6. The Morgan fingerprint density at radius 1 is 1.39 bits per heavy atom. The standard InChI is InChI=1S/C13H16ClNO3/c1-8(14)12-7-10(15-18-12)9-5-4-6-11(16-2)13(9)17-3/h4-6,8,12H,7H2,1-3H3. The van der Waals surface area contributed by atoms with Gasteiger partial charge in [-0.15, -0.1) is 11.6 Å². The Kier molecular flexibility index (Phi) is 3.97. The fraction of sp³-hybridized carbons (Fsp3) is 0.462. The highest BCUT2D eigenvalue weighted by Gasteiger charge is 2.28. The molecule has 1 heterocycles. The summed E-state index contributed by atoms with van der Waals surface area (Å²) in [6.45, 7) is 1.90. The highest BCUT2D eigenvalue weighted by atomic mass is 35.5. The van der Waals surface area contributed by atoms with Crippen LogP contribution in [-0.2, 0) is 4.84 Å². The van der Waals surface area contributed by atoms with Gasteiger partial charge in [-0.05, 0) is 19.1 Å². The number of halogens is 1. The van der Waals surface area contributed by atoms with Crippen LogP contribution in [0.25, 0.3) is 0 Å². The van der Waals surface area contributed by atoms with Gasteiger partial charge in [-0.25, -0.2) is 0 Å². The molecule has 0 N–H and O–H groups in total. The van der Waals surface area contributed by atoms with E-state index in [0.717, 1.165) is 11.3 Å². The minimum absolute atomic E-state index is 0.0807. The molecular weight excluding hydrogens is 254 g/mol. The van der Waals surface area contributed by atoms with Crippen molar-refractivity contribution in [3.63, 3.8) is 0 Å². The topological polar surface area (TPSA) is 40.0 Å². The Balaban J connectivity index is 2.30. The SMILES string of the molecule is COc1cccc(C2=NOC(C(C)Cl)C2)c1OC. The minimum Gasteiger partial charge on any atom is -0.493 e. The fourth-order valence-corrected chi connectivity index (χ4v) is 2.05. The van der Waals surface area contributed by atoms with Crippen molar-refractivity contribution in [2.75, 3.05) is 14.2 Å². The molecule has 1 aromatic rings. The normalized spacial score (nSPS) is 20.0. The lowest BCUT2D eigenvalue weighted by molar-refractivity contribution is 0.0855. The van der Waals surface area contributed by atoms with Crippen LogP contribution in [0.1, 0.15) is 18.9 Å². The second kappa shape index (κ2) is 5.48. The molecule has 1 aromatic carbocycles. The summed E-state index contributed by atoms with van der Waals surface area (Å²) in [5, 5.41) is 4.01. The zero-order valence-electron chi connectivity index (χ0n) is 10.6. The first-order valence-corrected chi connectivity index (χ1v) is 6.19. The molecule has 2 rings (SSSR count). The lowest BCUT2D eigenvalue weighted by atomic mass is 10.0. The molecule has 0 radical (unpaired) electrons. The van der Waals surface area contributed by atoms with Crippen molar-refractivity contribution in [3.8, 4) is 11.5 Å². The molecule has 0 spiro atoms. The highest BCUT2D eigenvalue weighted by Crippen LogP contribution is 2.34. The zero-order chi connectivity index (χ0) is 13.1. The van der Waals surface area contributed by atoms with E-state index in [1.807, 2.05) is 25.1 Å². The van der Waals surface area contributed by atoms with E-state index in [-0.39, 0.29) is 11.5 Å². The lowest BCUT2D eigenvalue weighted by Crippen LogP contribution is -2.18. The third-order valence-electron chi connectivity index (χ3n) is 2.92.